The van der Waals surface area contributed by atoms with Crippen molar-refractivity contribution in [2.24, 2.45) is 0 Å². The van der Waals surface area contributed by atoms with E-state index >= 15 is 0 Å². The summed E-state index contributed by atoms with van der Waals surface area (Å²) in [5.41, 5.74) is 1.85. The van der Waals surface area contributed by atoms with Crippen molar-refractivity contribution in [3.05, 3.63) is 89.5 Å². The van der Waals surface area contributed by atoms with E-state index in [-0.39, 0.29) is 5.91 Å². The predicted molar refractivity (Wildman–Crippen MR) is 135 cm³/mol. The predicted octanol–water partition coefficient (Wildman–Crippen LogP) is 3.66. The number of aryl methyl sites for hydroxylation is 1. The number of imide groups is 1. The second-order valence-corrected chi connectivity index (χ2v) is 8.62. The molecule has 3 aromatic rings. The smallest absolute Gasteiger partial charge is 0.325 e. The van der Waals surface area contributed by atoms with E-state index in [0.717, 1.165) is 10.5 Å². The van der Waals surface area contributed by atoms with E-state index in [1.165, 1.54) is 0 Å². The molecule has 4 rings (SSSR count). The quantitative estimate of drug-likeness (QED) is 0.441. The number of nitrogens with zero attached hydrogens (tertiary/aromatic N) is 1. The monoisotopic (exact) mass is 486 g/mol. The lowest BCUT2D eigenvalue weighted by Crippen LogP contribution is -2.42. The van der Waals surface area contributed by atoms with E-state index in [1.54, 1.807) is 74.7 Å². The van der Waals surface area contributed by atoms with Crippen LogP contribution < -0.4 is 20.7 Å². The number of nitrogens with one attached hydrogen (secondary N) is 3. The van der Waals surface area contributed by atoms with Crippen LogP contribution in [-0.4, -0.2) is 42.3 Å². The summed E-state index contributed by atoms with van der Waals surface area (Å²) in [4.78, 5) is 51.5. The standard InChI is InChI=1S/C27H26N4O5/c1-17-4-8-19(9-5-17)27(2)25(34)31(26(35)30-27)16-23(32)28-20-10-6-18(7-11-20)24(33)29-21-12-14-22(36-3)15-13-21/h4-15H,16H2,1-3H3,(H,28,32)(H,29,33)(H,30,35). The topological polar surface area (TPSA) is 117 Å². The van der Waals surface area contributed by atoms with Gasteiger partial charge in [-0.1, -0.05) is 29.8 Å². The SMILES string of the molecule is COc1ccc(NC(=O)c2ccc(NC(=O)CN3C(=O)NC(C)(c4ccc(C)cc4)C3=O)cc2)cc1. The molecule has 9 heteroatoms. The number of hydrogen-bond donors (Lipinski definition) is 3. The minimum atomic E-state index is -1.25. The highest BCUT2D eigenvalue weighted by Crippen LogP contribution is 2.29. The highest BCUT2D eigenvalue weighted by Gasteiger charge is 2.49. The summed E-state index contributed by atoms with van der Waals surface area (Å²) in [6.07, 6.45) is 0. The average Bonchev–Trinajstić information content (AvgIpc) is 3.09. The first-order chi connectivity index (χ1) is 17.2. The van der Waals surface area contributed by atoms with E-state index in [4.69, 9.17) is 4.74 Å². The first kappa shape index (κ1) is 24.5. The Hall–Kier alpha value is -4.66. The first-order valence-electron chi connectivity index (χ1n) is 11.3. The third-order valence-corrected chi connectivity index (χ3v) is 5.98. The maximum atomic E-state index is 13.0. The highest BCUT2D eigenvalue weighted by molar-refractivity contribution is 6.10. The van der Waals surface area contributed by atoms with Gasteiger partial charge in [0.2, 0.25) is 5.91 Å². The summed E-state index contributed by atoms with van der Waals surface area (Å²) >= 11 is 0. The maximum absolute atomic E-state index is 13.0. The van der Waals surface area contributed by atoms with Gasteiger partial charge in [-0.15, -0.1) is 0 Å². The molecule has 5 amide bonds. The van der Waals surface area contributed by atoms with E-state index < -0.39 is 29.9 Å². The van der Waals surface area contributed by atoms with Gasteiger partial charge in [0.05, 0.1) is 7.11 Å². The van der Waals surface area contributed by atoms with Crippen LogP contribution in [0.4, 0.5) is 16.2 Å². The number of anilines is 2. The Balaban J connectivity index is 1.36. The van der Waals surface area contributed by atoms with Gasteiger partial charge < -0.3 is 20.7 Å². The molecule has 1 saturated heterocycles. The van der Waals surface area contributed by atoms with Gasteiger partial charge in [-0.2, -0.15) is 0 Å². The van der Waals surface area contributed by atoms with E-state index in [2.05, 4.69) is 16.0 Å². The number of carbonyl (C=O) groups is 4. The molecule has 0 aromatic heterocycles. The minimum Gasteiger partial charge on any atom is -0.497 e. The molecule has 0 bridgehead atoms. The molecule has 36 heavy (non-hydrogen) atoms. The molecule has 1 aliphatic rings. The van der Waals surface area contributed by atoms with Gasteiger partial charge >= 0.3 is 6.03 Å². The van der Waals surface area contributed by atoms with Crippen molar-refractivity contribution in [1.29, 1.82) is 0 Å². The molecule has 3 N–H and O–H groups in total. The number of carbonyl (C=O) groups excluding carboxylic acids is 4. The zero-order chi connectivity index (χ0) is 25.9. The molecule has 1 aliphatic heterocycles. The Bertz CT molecular complexity index is 1300. The second-order valence-electron chi connectivity index (χ2n) is 8.62. The summed E-state index contributed by atoms with van der Waals surface area (Å²) in [5.74, 6) is -0.673. The summed E-state index contributed by atoms with van der Waals surface area (Å²) in [7, 11) is 1.56. The molecular weight excluding hydrogens is 460 g/mol. The molecular formula is C27H26N4O5. The average molecular weight is 487 g/mol. The molecule has 1 fully saturated rings. The van der Waals surface area contributed by atoms with Crippen LogP contribution in [0.5, 0.6) is 5.75 Å². The molecule has 1 heterocycles. The number of urea groups is 1. The Morgan fingerprint density at radius 2 is 1.47 bits per heavy atom. The van der Waals surface area contributed by atoms with E-state index in [0.29, 0.717) is 28.3 Å². The molecule has 1 atom stereocenters. The summed E-state index contributed by atoms with van der Waals surface area (Å²) < 4.78 is 5.10. The van der Waals surface area contributed by atoms with Crippen LogP contribution in [0, 0.1) is 6.92 Å². The minimum absolute atomic E-state index is 0.312. The summed E-state index contributed by atoms with van der Waals surface area (Å²) in [5, 5.41) is 8.12. The molecule has 0 radical (unpaired) electrons. The van der Waals surface area contributed by atoms with Crippen molar-refractivity contribution in [3.8, 4) is 5.75 Å². The molecule has 3 aromatic carbocycles. The Morgan fingerprint density at radius 1 is 0.889 bits per heavy atom. The zero-order valence-corrected chi connectivity index (χ0v) is 20.1. The van der Waals surface area contributed by atoms with Gasteiger partial charge in [0.15, 0.2) is 0 Å². The Morgan fingerprint density at radius 3 is 2.08 bits per heavy atom. The number of ether oxygens (including phenoxy) is 1. The lowest BCUT2D eigenvalue weighted by molar-refractivity contribution is -0.133. The van der Waals surface area contributed by atoms with Crippen molar-refractivity contribution in [1.82, 2.24) is 10.2 Å². The van der Waals surface area contributed by atoms with Crippen molar-refractivity contribution < 1.29 is 23.9 Å². The summed E-state index contributed by atoms with van der Waals surface area (Å²) in [6.45, 7) is 3.11. The van der Waals surface area contributed by atoms with Crippen LogP contribution >= 0.6 is 0 Å². The number of benzene rings is 3. The van der Waals surface area contributed by atoms with Gasteiger partial charge in [-0.05, 0) is 67.9 Å². The number of methoxy groups -OCH3 is 1. The molecule has 0 spiro atoms. The zero-order valence-electron chi connectivity index (χ0n) is 20.1. The summed E-state index contributed by atoms with van der Waals surface area (Å²) in [6, 6.07) is 19.9. The van der Waals surface area contributed by atoms with Crippen molar-refractivity contribution >= 4 is 35.1 Å². The van der Waals surface area contributed by atoms with Crippen LogP contribution in [0.25, 0.3) is 0 Å². The molecule has 184 valence electrons. The van der Waals surface area contributed by atoms with Gasteiger partial charge in [0.25, 0.3) is 11.8 Å². The maximum Gasteiger partial charge on any atom is 0.325 e. The van der Waals surface area contributed by atoms with Gasteiger partial charge in [-0.25, -0.2) is 4.79 Å². The highest BCUT2D eigenvalue weighted by atomic mass is 16.5. The van der Waals surface area contributed by atoms with Gasteiger partial charge in [0.1, 0.15) is 17.8 Å². The Labute approximate surface area is 208 Å². The molecule has 1 unspecified atom stereocenters. The lowest BCUT2D eigenvalue weighted by Gasteiger charge is -2.22. The van der Waals surface area contributed by atoms with Crippen LogP contribution in [0.15, 0.2) is 72.8 Å². The second kappa shape index (κ2) is 9.91. The number of hydrogen-bond acceptors (Lipinski definition) is 5. The largest absolute Gasteiger partial charge is 0.497 e. The number of rotatable bonds is 7. The molecule has 0 aliphatic carbocycles. The van der Waals surface area contributed by atoms with E-state index in [9.17, 15) is 19.2 Å². The molecule has 9 nitrogen and oxygen atoms in total. The third-order valence-electron chi connectivity index (χ3n) is 5.98. The van der Waals surface area contributed by atoms with Crippen LogP contribution in [0.3, 0.4) is 0 Å². The van der Waals surface area contributed by atoms with Gasteiger partial charge in [-0.3, -0.25) is 19.3 Å². The normalized spacial score (nSPS) is 16.9. The fourth-order valence-electron chi connectivity index (χ4n) is 3.85. The van der Waals surface area contributed by atoms with Crippen LogP contribution in [-0.2, 0) is 15.1 Å². The van der Waals surface area contributed by atoms with Crippen LogP contribution in [0.2, 0.25) is 0 Å². The Kier molecular flexibility index (Phi) is 6.73. The molecule has 0 saturated carbocycles. The first-order valence-corrected chi connectivity index (χ1v) is 11.3. The van der Waals surface area contributed by atoms with Crippen molar-refractivity contribution in [2.75, 3.05) is 24.3 Å². The van der Waals surface area contributed by atoms with E-state index in [1.807, 2.05) is 19.1 Å². The fraction of sp³-hybridized carbons (Fsp3) is 0.185. The third kappa shape index (κ3) is 5.05. The van der Waals surface area contributed by atoms with Gasteiger partial charge in [0, 0.05) is 16.9 Å². The lowest BCUT2D eigenvalue weighted by atomic mass is 9.91. The van der Waals surface area contributed by atoms with Crippen molar-refractivity contribution in [3.63, 3.8) is 0 Å². The van der Waals surface area contributed by atoms with Crippen LogP contribution in [0.1, 0.15) is 28.4 Å². The number of amides is 5. The van der Waals surface area contributed by atoms with Crippen molar-refractivity contribution in [2.45, 2.75) is 19.4 Å². The fourth-order valence-corrected chi connectivity index (χ4v) is 3.85.